The number of carbonyl (C=O) groups excluding carboxylic acids is 1. The summed E-state index contributed by atoms with van der Waals surface area (Å²) in [6.45, 7) is 7.28. The van der Waals surface area contributed by atoms with E-state index >= 15 is 0 Å². The van der Waals surface area contributed by atoms with Crippen molar-refractivity contribution in [2.45, 2.75) is 45.7 Å². The molecule has 3 N–H and O–H groups in total. The van der Waals surface area contributed by atoms with Crippen LogP contribution >= 0.6 is 0 Å². The molecule has 1 amide bonds. The second kappa shape index (κ2) is 9.39. The van der Waals surface area contributed by atoms with Gasteiger partial charge in [0.05, 0.1) is 6.61 Å². The number of ether oxygens (including phenoxy) is 1. The van der Waals surface area contributed by atoms with Gasteiger partial charge in [-0.15, -0.1) is 0 Å². The van der Waals surface area contributed by atoms with E-state index in [9.17, 15) is 4.79 Å². The van der Waals surface area contributed by atoms with E-state index in [1.54, 1.807) is 6.92 Å². The van der Waals surface area contributed by atoms with Gasteiger partial charge >= 0.3 is 0 Å². The van der Waals surface area contributed by atoms with Gasteiger partial charge in [-0.1, -0.05) is 62.7 Å². The van der Waals surface area contributed by atoms with Crippen LogP contribution in [-0.2, 0) is 16.9 Å². The van der Waals surface area contributed by atoms with Crippen LogP contribution < -0.4 is 15.8 Å². The van der Waals surface area contributed by atoms with Gasteiger partial charge < -0.3 is 15.8 Å². The quantitative estimate of drug-likeness (QED) is 0.715. The Hall–Kier alpha value is -2.33. The van der Waals surface area contributed by atoms with Crippen LogP contribution in [0.2, 0.25) is 0 Å². The summed E-state index contributed by atoms with van der Waals surface area (Å²) in [7, 11) is 0. The molecule has 0 spiro atoms. The molecule has 26 heavy (non-hydrogen) atoms. The lowest BCUT2D eigenvalue weighted by Gasteiger charge is -2.24. The van der Waals surface area contributed by atoms with Crippen LogP contribution in [0.5, 0.6) is 5.75 Å². The summed E-state index contributed by atoms with van der Waals surface area (Å²) in [6, 6.07) is 17.2. The molecule has 0 saturated carbocycles. The summed E-state index contributed by atoms with van der Waals surface area (Å²) in [6.07, 6.45) is 2.34. The molecule has 0 saturated heterocycles. The predicted octanol–water partition coefficient (Wildman–Crippen LogP) is 3.99. The summed E-state index contributed by atoms with van der Waals surface area (Å²) in [4.78, 5) is 12.5. The molecule has 2 rings (SSSR count). The highest BCUT2D eigenvalue weighted by molar-refractivity contribution is 5.86. The largest absolute Gasteiger partial charge is 0.493 e. The zero-order chi connectivity index (χ0) is 19.0. The molecule has 140 valence electrons. The molecule has 0 bridgehead atoms. The van der Waals surface area contributed by atoms with Crippen LogP contribution in [0.15, 0.2) is 54.6 Å². The van der Waals surface area contributed by atoms with Crippen LogP contribution in [0.3, 0.4) is 0 Å². The highest BCUT2D eigenvalue weighted by atomic mass is 16.5. The van der Waals surface area contributed by atoms with Crippen molar-refractivity contribution in [1.82, 2.24) is 5.32 Å². The van der Waals surface area contributed by atoms with Crippen LogP contribution in [-0.4, -0.2) is 12.5 Å². The number of hydrogen-bond acceptors (Lipinski definition) is 3. The fourth-order valence-electron chi connectivity index (χ4n) is 2.80. The SMILES string of the molecule is CCCC(C)COc1ccc(CNC(=O)C(C)(N)c2ccccc2)cc1. The smallest absolute Gasteiger partial charge is 0.244 e. The molecular formula is C22H30N2O2. The van der Waals surface area contributed by atoms with Crippen molar-refractivity contribution in [2.75, 3.05) is 6.61 Å². The third-order valence-corrected chi connectivity index (χ3v) is 4.54. The number of carbonyl (C=O) groups is 1. The Bertz CT molecular complexity index is 681. The lowest BCUT2D eigenvalue weighted by atomic mass is 9.92. The van der Waals surface area contributed by atoms with Gasteiger partial charge in [0.15, 0.2) is 0 Å². The van der Waals surface area contributed by atoms with Gasteiger partial charge in [-0.3, -0.25) is 4.79 Å². The number of rotatable bonds is 9. The molecule has 0 aromatic heterocycles. The van der Waals surface area contributed by atoms with Gasteiger partial charge in [-0.05, 0) is 42.5 Å². The van der Waals surface area contributed by atoms with Crippen molar-refractivity contribution in [1.29, 1.82) is 0 Å². The summed E-state index contributed by atoms with van der Waals surface area (Å²) in [5.41, 5.74) is 6.98. The van der Waals surface area contributed by atoms with Crippen molar-refractivity contribution >= 4 is 5.91 Å². The van der Waals surface area contributed by atoms with Crippen LogP contribution in [0.4, 0.5) is 0 Å². The van der Waals surface area contributed by atoms with E-state index < -0.39 is 5.54 Å². The average Bonchev–Trinajstić information content (AvgIpc) is 2.66. The van der Waals surface area contributed by atoms with E-state index in [-0.39, 0.29) is 5.91 Å². The second-order valence-electron chi connectivity index (χ2n) is 7.10. The first-order valence-electron chi connectivity index (χ1n) is 9.28. The van der Waals surface area contributed by atoms with Crippen LogP contribution in [0, 0.1) is 5.92 Å². The molecule has 2 atom stereocenters. The molecule has 0 aliphatic heterocycles. The molecule has 4 nitrogen and oxygen atoms in total. The van der Waals surface area contributed by atoms with E-state index in [0.717, 1.165) is 23.5 Å². The molecule has 0 radical (unpaired) electrons. The maximum Gasteiger partial charge on any atom is 0.244 e. The minimum absolute atomic E-state index is 0.197. The Morgan fingerprint density at radius 3 is 2.42 bits per heavy atom. The number of nitrogens with one attached hydrogen (secondary N) is 1. The Morgan fingerprint density at radius 2 is 1.81 bits per heavy atom. The second-order valence-corrected chi connectivity index (χ2v) is 7.10. The maximum atomic E-state index is 12.5. The monoisotopic (exact) mass is 354 g/mol. The topological polar surface area (TPSA) is 64.3 Å². The third kappa shape index (κ3) is 5.60. The number of amides is 1. The molecule has 0 aliphatic carbocycles. The Morgan fingerprint density at radius 1 is 1.15 bits per heavy atom. The Labute approximate surface area is 156 Å². The summed E-state index contributed by atoms with van der Waals surface area (Å²) >= 11 is 0. The molecule has 2 unspecified atom stereocenters. The minimum atomic E-state index is -1.06. The molecular weight excluding hydrogens is 324 g/mol. The standard InChI is InChI=1S/C22H30N2O2/c1-4-8-17(2)16-26-20-13-11-18(12-14-20)15-24-21(25)22(3,23)19-9-6-5-7-10-19/h5-7,9-14,17H,4,8,15-16,23H2,1-3H3,(H,24,25). The van der Waals surface area contributed by atoms with Crippen LogP contribution in [0.25, 0.3) is 0 Å². The van der Waals surface area contributed by atoms with Crippen molar-refractivity contribution in [2.24, 2.45) is 11.7 Å². The van der Waals surface area contributed by atoms with E-state index in [2.05, 4.69) is 19.2 Å². The van der Waals surface area contributed by atoms with Gasteiger partial charge in [-0.25, -0.2) is 0 Å². The zero-order valence-corrected chi connectivity index (χ0v) is 16.0. The maximum absolute atomic E-state index is 12.5. The fourth-order valence-corrected chi connectivity index (χ4v) is 2.80. The molecule has 4 heteroatoms. The van der Waals surface area contributed by atoms with Crippen molar-refractivity contribution in [3.05, 3.63) is 65.7 Å². The van der Waals surface area contributed by atoms with Crippen molar-refractivity contribution in [3.8, 4) is 5.75 Å². The van der Waals surface area contributed by atoms with Gasteiger partial charge in [0.1, 0.15) is 11.3 Å². The number of nitrogens with two attached hydrogens (primary N) is 1. The summed E-state index contributed by atoms with van der Waals surface area (Å²) < 4.78 is 5.81. The molecule has 0 aliphatic rings. The zero-order valence-electron chi connectivity index (χ0n) is 16.0. The van der Waals surface area contributed by atoms with E-state index in [4.69, 9.17) is 10.5 Å². The fraction of sp³-hybridized carbons (Fsp3) is 0.409. The van der Waals surface area contributed by atoms with E-state index in [0.29, 0.717) is 12.5 Å². The first kappa shape index (κ1) is 20.0. The summed E-state index contributed by atoms with van der Waals surface area (Å²) in [5, 5.41) is 2.92. The van der Waals surface area contributed by atoms with Crippen molar-refractivity contribution < 1.29 is 9.53 Å². The highest BCUT2D eigenvalue weighted by Gasteiger charge is 2.29. The van der Waals surface area contributed by atoms with E-state index in [1.165, 1.54) is 12.8 Å². The van der Waals surface area contributed by atoms with Gasteiger partial charge in [0.2, 0.25) is 5.91 Å². The first-order chi connectivity index (χ1) is 12.4. The van der Waals surface area contributed by atoms with Crippen LogP contribution in [0.1, 0.15) is 44.7 Å². The first-order valence-corrected chi connectivity index (χ1v) is 9.28. The molecule has 0 heterocycles. The Kier molecular flexibility index (Phi) is 7.22. The lowest BCUT2D eigenvalue weighted by Crippen LogP contribution is -2.48. The average molecular weight is 354 g/mol. The normalized spacial score (nSPS) is 14.3. The van der Waals surface area contributed by atoms with E-state index in [1.807, 2.05) is 54.6 Å². The minimum Gasteiger partial charge on any atom is -0.493 e. The lowest BCUT2D eigenvalue weighted by molar-refractivity contribution is -0.126. The Balaban J connectivity index is 1.86. The summed E-state index contributed by atoms with van der Waals surface area (Å²) in [5.74, 6) is 1.22. The van der Waals surface area contributed by atoms with Gasteiger partial charge in [-0.2, -0.15) is 0 Å². The van der Waals surface area contributed by atoms with Crippen molar-refractivity contribution in [3.63, 3.8) is 0 Å². The number of benzene rings is 2. The van der Waals surface area contributed by atoms with Gasteiger partial charge in [0.25, 0.3) is 0 Å². The van der Waals surface area contributed by atoms with Gasteiger partial charge in [0, 0.05) is 6.54 Å². The molecule has 0 fully saturated rings. The highest BCUT2D eigenvalue weighted by Crippen LogP contribution is 2.18. The third-order valence-electron chi connectivity index (χ3n) is 4.54. The predicted molar refractivity (Wildman–Crippen MR) is 106 cm³/mol. The number of hydrogen-bond donors (Lipinski definition) is 2. The molecule has 2 aromatic rings. The molecule has 2 aromatic carbocycles.